The molecule has 0 aromatic heterocycles. The number of carbonyl (C=O) groups is 1. The summed E-state index contributed by atoms with van der Waals surface area (Å²) in [5.74, 6) is 0.845. The van der Waals surface area contributed by atoms with Crippen molar-refractivity contribution in [1.82, 2.24) is 4.90 Å². The average Bonchev–Trinajstić information content (AvgIpc) is 2.37. The van der Waals surface area contributed by atoms with Crippen LogP contribution in [-0.2, 0) is 0 Å². The summed E-state index contributed by atoms with van der Waals surface area (Å²) >= 11 is 0. The molecular weight excluding hydrogens is 256 g/mol. The normalized spacial score (nSPS) is 22.6. The minimum Gasteiger partial charge on any atom is -0.338 e. The lowest BCUT2D eigenvalue weighted by atomic mass is 9.91. The molecule has 0 aliphatic carbocycles. The highest BCUT2D eigenvalue weighted by atomic mass is 16.6. The molecule has 5 nitrogen and oxygen atoms in total. The molecule has 1 aliphatic rings. The number of nitrogens with zero attached hydrogens (tertiary/aromatic N) is 2. The van der Waals surface area contributed by atoms with Crippen LogP contribution in [-0.4, -0.2) is 28.8 Å². The second kappa shape index (κ2) is 5.61. The molecular formula is C15H20N2O3. The lowest BCUT2D eigenvalue weighted by Crippen LogP contribution is -2.42. The number of aryl methyl sites for hydroxylation is 1. The predicted octanol–water partition coefficient (Wildman–Crippen LogP) is 3.02. The number of nitro benzene ring substituents is 1. The van der Waals surface area contributed by atoms with E-state index in [0.717, 1.165) is 19.5 Å². The second-order valence-corrected chi connectivity index (χ2v) is 5.91. The molecule has 0 saturated carbocycles. The van der Waals surface area contributed by atoms with E-state index in [2.05, 4.69) is 13.8 Å². The van der Waals surface area contributed by atoms with E-state index in [1.807, 2.05) is 4.90 Å². The van der Waals surface area contributed by atoms with E-state index in [-0.39, 0.29) is 11.6 Å². The van der Waals surface area contributed by atoms with Crippen LogP contribution >= 0.6 is 0 Å². The molecule has 5 heteroatoms. The van der Waals surface area contributed by atoms with Gasteiger partial charge in [0, 0.05) is 30.3 Å². The van der Waals surface area contributed by atoms with Crippen molar-refractivity contribution in [1.29, 1.82) is 0 Å². The van der Waals surface area contributed by atoms with E-state index >= 15 is 0 Å². The molecule has 1 aliphatic heterocycles. The zero-order valence-corrected chi connectivity index (χ0v) is 12.1. The van der Waals surface area contributed by atoms with Gasteiger partial charge in [0.05, 0.1) is 4.92 Å². The van der Waals surface area contributed by atoms with Crippen molar-refractivity contribution in [3.05, 3.63) is 39.4 Å². The Labute approximate surface area is 118 Å². The van der Waals surface area contributed by atoms with Gasteiger partial charge >= 0.3 is 0 Å². The van der Waals surface area contributed by atoms with Crippen molar-refractivity contribution < 1.29 is 9.72 Å². The first kappa shape index (κ1) is 14.5. The van der Waals surface area contributed by atoms with E-state index in [9.17, 15) is 14.9 Å². The minimum atomic E-state index is -0.437. The van der Waals surface area contributed by atoms with Gasteiger partial charge in [0.15, 0.2) is 0 Å². The number of amides is 1. The molecule has 1 aromatic carbocycles. The maximum atomic E-state index is 12.5. The van der Waals surface area contributed by atoms with Crippen LogP contribution in [0, 0.1) is 28.9 Å². The molecule has 0 radical (unpaired) electrons. The monoisotopic (exact) mass is 276 g/mol. The first-order chi connectivity index (χ1) is 9.38. The van der Waals surface area contributed by atoms with Crippen molar-refractivity contribution in [2.45, 2.75) is 27.2 Å². The summed E-state index contributed by atoms with van der Waals surface area (Å²) in [6, 6.07) is 4.71. The summed E-state index contributed by atoms with van der Waals surface area (Å²) in [7, 11) is 0. The summed E-state index contributed by atoms with van der Waals surface area (Å²) in [5, 5.41) is 11.0. The highest BCUT2D eigenvalue weighted by Crippen LogP contribution is 2.24. The Morgan fingerprint density at radius 1 is 1.30 bits per heavy atom. The zero-order valence-electron chi connectivity index (χ0n) is 12.1. The third-order valence-corrected chi connectivity index (χ3v) is 3.81. The van der Waals surface area contributed by atoms with E-state index in [1.54, 1.807) is 19.1 Å². The Balaban J connectivity index is 2.25. The molecule has 0 N–H and O–H groups in total. The first-order valence-corrected chi connectivity index (χ1v) is 6.92. The van der Waals surface area contributed by atoms with Crippen LogP contribution in [0.4, 0.5) is 5.69 Å². The average molecular weight is 276 g/mol. The number of piperidine rings is 1. The van der Waals surface area contributed by atoms with Crippen LogP contribution in [0.15, 0.2) is 18.2 Å². The molecule has 20 heavy (non-hydrogen) atoms. The van der Waals surface area contributed by atoms with Crippen LogP contribution in [0.1, 0.15) is 36.2 Å². The smallest absolute Gasteiger partial charge is 0.273 e. The Morgan fingerprint density at radius 3 is 2.45 bits per heavy atom. The van der Waals surface area contributed by atoms with Gasteiger partial charge in [-0.05, 0) is 31.2 Å². The molecule has 2 atom stereocenters. The molecule has 1 amide bonds. The van der Waals surface area contributed by atoms with Gasteiger partial charge in [0.25, 0.3) is 11.6 Å². The van der Waals surface area contributed by atoms with E-state index in [0.29, 0.717) is 23.0 Å². The molecule has 0 bridgehead atoms. The van der Waals surface area contributed by atoms with Crippen molar-refractivity contribution in [3.63, 3.8) is 0 Å². The fraction of sp³-hybridized carbons (Fsp3) is 0.533. The third kappa shape index (κ3) is 2.98. The maximum Gasteiger partial charge on any atom is 0.273 e. The van der Waals surface area contributed by atoms with Crippen molar-refractivity contribution >= 4 is 11.6 Å². The Bertz CT molecular complexity index is 532. The fourth-order valence-corrected chi connectivity index (χ4v) is 2.95. The van der Waals surface area contributed by atoms with Crippen LogP contribution in [0.3, 0.4) is 0 Å². The highest BCUT2D eigenvalue weighted by Gasteiger charge is 2.27. The molecule has 108 valence electrons. The van der Waals surface area contributed by atoms with Gasteiger partial charge in [-0.25, -0.2) is 0 Å². The van der Waals surface area contributed by atoms with Gasteiger partial charge in [0.1, 0.15) is 0 Å². The number of nitro groups is 1. The summed E-state index contributed by atoms with van der Waals surface area (Å²) < 4.78 is 0. The topological polar surface area (TPSA) is 63.5 Å². The molecule has 1 aromatic rings. The van der Waals surface area contributed by atoms with Gasteiger partial charge in [-0.15, -0.1) is 0 Å². The fourth-order valence-electron chi connectivity index (χ4n) is 2.95. The molecule has 1 heterocycles. The van der Waals surface area contributed by atoms with Crippen LogP contribution < -0.4 is 0 Å². The largest absolute Gasteiger partial charge is 0.338 e. The maximum absolute atomic E-state index is 12.5. The number of rotatable bonds is 2. The predicted molar refractivity (Wildman–Crippen MR) is 76.7 cm³/mol. The highest BCUT2D eigenvalue weighted by molar-refractivity contribution is 5.95. The van der Waals surface area contributed by atoms with Crippen LogP contribution in [0.2, 0.25) is 0 Å². The van der Waals surface area contributed by atoms with Crippen molar-refractivity contribution in [2.24, 2.45) is 11.8 Å². The van der Waals surface area contributed by atoms with E-state index in [1.165, 1.54) is 6.07 Å². The molecule has 1 fully saturated rings. The van der Waals surface area contributed by atoms with Crippen LogP contribution in [0.5, 0.6) is 0 Å². The summed E-state index contributed by atoms with van der Waals surface area (Å²) in [5.41, 5.74) is 0.990. The van der Waals surface area contributed by atoms with Gasteiger partial charge in [-0.2, -0.15) is 0 Å². The second-order valence-electron chi connectivity index (χ2n) is 5.91. The van der Waals surface area contributed by atoms with Crippen molar-refractivity contribution in [3.8, 4) is 0 Å². The zero-order chi connectivity index (χ0) is 14.9. The molecule has 2 rings (SSSR count). The molecule has 0 spiro atoms. The number of likely N-dealkylation sites (tertiary alicyclic amines) is 1. The minimum absolute atomic E-state index is 0.00829. The summed E-state index contributed by atoms with van der Waals surface area (Å²) in [6.07, 6.45) is 1.12. The van der Waals surface area contributed by atoms with Crippen molar-refractivity contribution in [2.75, 3.05) is 13.1 Å². The van der Waals surface area contributed by atoms with Crippen LogP contribution in [0.25, 0.3) is 0 Å². The van der Waals surface area contributed by atoms with Gasteiger partial charge < -0.3 is 4.90 Å². The van der Waals surface area contributed by atoms with Gasteiger partial charge in [0.2, 0.25) is 0 Å². The van der Waals surface area contributed by atoms with Gasteiger partial charge in [-0.3, -0.25) is 14.9 Å². The van der Waals surface area contributed by atoms with E-state index in [4.69, 9.17) is 0 Å². The quantitative estimate of drug-likeness (QED) is 0.616. The lowest BCUT2D eigenvalue weighted by Gasteiger charge is -2.35. The number of carbonyl (C=O) groups excluding carboxylic acids is 1. The Kier molecular flexibility index (Phi) is 4.06. The lowest BCUT2D eigenvalue weighted by molar-refractivity contribution is -0.385. The molecule has 0 unspecified atom stereocenters. The number of benzene rings is 1. The Morgan fingerprint density at radius 2 is 1.90 bits per heavy atom. The first-order valence-electron chi connectivity index (χ1n) is 6.92. The SMILES string of the molecule is Cc1ccc(C(=O)N2C[C@H](C)C[C@@H](C)C2)cc1[N+](=O)[O-]. The summed E-state index contributed by atoms with van der Waals surface area (Å²) in [6.45, 7) is 7.40. The standard InChI is InChI=1S/C15H20N2O3/c1-10-6-11(2)9-16(8-10)15(18)13-5-4-12(3)14(7-13)17(19)20/h4-5,7,10-11H,6,8-9H2,1-3H3/t10-,11-/m1/s1. The number of hydrogen-bond donors (Lipinski definition) is 0. The third-order valence-electron chi connectivity index (χ3n) is 3.81. The van der Waals surface area contributed by atoms with E-state index < -0.39 is 4.92 Å². The number of hydrogen-bond acceptors (Lipinski definition) is 3. The Hall–Kier alpha value is -1.91. The molecule has 1 saturated heterocycles. The van der Waals surface area contributed by atoms with Gasteiger partial charge in [-0.1, -0.05) is 19.9 Å². The summed E-state index contributed by atoms with van der Waals surface area (Å²) in [4.78, 5) is 24.8.